The molecule has 1 rings (SSSR count). The Morgan fingerprint density at radius 3 is 2.64 bits per heavy atom. The normalized spacial score (nSPS) is 9.64. The van der Waals surface area contributed by atoms with Crippen molar-refractivity contribution in [3.63, 3.8) is 0 Å². The lowest BCUT2D eigenvalue weighted by Gasteiger charge is -2.01. The predicted octanol–water partition coefficient (Wildman–Crippen LogP) is 2.12. The Balaban J connectivity index is 3.27. The molecule has 0 fully saturated rings. The fraction of sp³-hybridized carbons (Fsp3) is 0.125. The second-order valence-corrected chi connectivity index (χ2v) is 2.64. The number of rotatable bonds is 1. The average molecular weight is 170 g/mol. The van der Waals surface area contributed by atoms with Crippen LogP contribution in [0.5, 0.6) is 0 Å². The van der Waals surface area contributed by atoms with Gasteiger partial charge >= 0.3 is 0 Å². The second-order valence-electron chi connectivity index (χ2n) is 2.26. The van der Waals surface area contributed by atoms with Gasteiger partial charge in [-0.05, 0) is 19.1 Å². The summed E-state index contributed by atoms with van der Waals surface area (Å²) in [7, 11) is 0. The van der Waals surface area contributed by atoms with E-state index in [2.05, 4.69) is 0 Å². The van der Waals surface area contributed by atoms with E-state index in [0.29, 0.717) is 16.3 Å². The van der Waals surface area contributed by atoms with Crippen LogP contribution < -0.4 is 5.73 Å². The first kappa shape index (κ1) is 8.08. The molecule has 3 heteroatoms. The summed E-state index contributed by atoms with van der Waals surface area (Å²) in [6, 6.07) is 5.02. The number of hydrogen-bond acceptors (Lipinski definition) is 2. The van der Waals surface area contributed by atoms with Crippen LogP contribution in [0.25, 0.3) is 0 Å². The van der Waals surface area contributed by atoms with Crippen molar-refractivity contribution in [2.75, 3.05) is 5.73 Å². The van der Waals surface area contributed by atoms with Crippen LogP contribution in [0.3, 0.4) is 0 Å². The molecule has 2 nitrogen and oxygen atoms in total. The molecule has 0 saturated carbocycles. The molecule has 0 aliphatic carbocycles. The summed E-state index contributed by atoms with van der Waals surface area (Å²) in [4.78, 5) is 10.9. The summed E-state index contributed by atoms with van der Waals surface area (Å²) in [5.74, 6) is -0.0673. The van der Waals surface area contributed by atoms with Crippen molar-refractivity contribution in [1.29, 1.82) is 0 Å². The summed E-state index contributed by atoms with van der Waals surface area (Å²) < 4.78 is 0. The predicted molar refractivity (Wildman–Crippen MR) is 45.9 cm³/mol. The van der Waals surface area contributed by atoms with Crippen LogP contribution in [0.1, 0.15) is 17.3 Å². The largest absolute Gasteiger partial charge is 0.398 e. The van der Waals surface area contributed by atoms with Crippen LogP contribution in [-0.4, -0.2) is 5.78 Å². The Bertz CT molecular complexity index is 296. The van der Waals surface area contributed by atoms with Gasteiger partial charge in [-0.3, -0.25) is 4.79 Å². The third-order valence-electron chi connectivity index (χ3n) is 1.41. The highest BCUT2D eigenvalue weighted by Crippen LogP contribution is 2.22. The molecule has 0 aliphatic rings. The van der Waals surface area contributed by atoms with Crippen LogP contribution >= 0.6 is 11.6 Å². The van der Waals surface area contributed by atoms with E-state index < -0.39 is 0 Å². The molecule has 1 aromatic carbocycles. The van der Waals surface area contributed by atoms with Crippen LogP contribution in [-0.2, 0) is 0 Å². The number of nitrogen functional groups attached to an aromatic ring is 1. The zero-order chi connectivity index (χ0) is 8.43. The molecule has 58 valence electrons. The minimum Gasteiger partial charge on any atom is -0.398 e. The zero-order valence-corrected chi connectivity index (χ0v) is 6.85. The molecular weight excluding hydrogens is 162 g/mol. The lowest BCUT2D eigenvalue weighted by atomic mass is 10.1. The van der Waals surface area contributed by atoms with Crippen molar-refractivity contribution < 1.29 is 4.79 Å². The van der Waals surface area contributed by atoms with E-state index in [4.69, 9.17) is 17.3 Å². The standard InChI is InChI=1S/C8H8ClNO/c1-5(11)6-3-2-4-7(10)8(6)9/h2-4H,10H2,1H3. The van der Waals surface area contributed by atoms with Gasteiger partial charge in [0.25, 0.3) is 0 Å². The van der Waals surface area contributed by atoms with Crippen molar-refractivity contribution in [3.05, 3.63) is 28.8 Å². The van der Waals surface area contributed by atoms with Gasteiger partial charge in [0.15, 0.2) is 5.78 Å². The molecule has 0 heterocycles. The van der Waals surface area contributed by atoms with Crippen LogP contribution in [0.4, 0.5) is 5.69 Å². The highest BCUT2D eigenvalue weighted by Gasteiger charge is 2.06. The van der Waals surface area contributed by atoms with Gasteiger partial charge in [-0.1, -0.05) is 17.7 Å². The fourth-order valence-electron chi connectivity index (χ4n) is 0.822. The first-order chi connectivity index (χ1) is 5.13. The first-order valence-corrected chi connectivity index (χ1v) is 3.55. The number of nitrogens with two attached hydrogens (primary N) is 1. The van der Waals surface area contributed by atoms with Gasteiger partial charge < -0.3 is 5.73 Å². The summed E-state index contributed by atoms with van der Waals surface area (Å²) in [5.41, 5.74) is 6.40. The number of carbonyl (C=O) groups excluding carboxylic acids is 1. The van der Waals surface area contributed by atoms with Gasteiger partial charge in [-0.2, -0.15) is 0 Å². The molecule has 2 N–H and O–H groups in total. The second kappa shape index (κ2) is 2.93. The SMILES string of the molecule is CC(=O)c1cccc(N)c1Cl. The van der Waals surface area contributed by atoms with Crippen LogP contribution in [0.2, 0.25) is 5.02 Å². The molecule has 11 heavy (non-hydrogen) atoms. The third kappa shape index (κ3) is 1.52. The number of hydrogen-bond donors (Lipinski definition) is 1. The number of carbonyl (C=O) groups is 1. The molecule has 0 radical (unpaired) electrons. The Kier molecular flexibility index (Phi) is 2.15. The monoisotopic (exact) mass is 169 g/mol. The molecule has 0 bridgehead atoms. The number of ketones is 1. The molecule has 0 aliphatic heterocycles. The zero-order valence-electron chi connectivity index (χ0n) is 6.10. The maximum atomic E-state index is 10.9. The van der Waals surface area contributed by atoms with Crippen molar-refractivity contribution in [3.8, 4) is 0 Å². The number of halogens is 1. The van der Waals surface area contributed by atoms with Crippen LogP contribution in [0, 0.1) is 0 Å². The Morgan fingerprint density at radius 1 is 1.55 bits per heavy atom. The maximum absolute atomic E-state index is 10.9. The van der Waals surface area contributed by atoms with Gasteiger partial charge in [-0.15, -0.1) is 0 Å². The average Bonchev–Trinajstić information content (AvgIpc) is 1.94. The number of anilines is 1. The van der Waals surface area contributed by atoms with E-state index >= 15 is 0 Å². The first-order valence-electron chi connectivity index (χ1n) is 3.18. The molecular formula is C8H8ClNO. The van der Waals surface area contributed by atoms with Gasteiger partial charge in [0.05, 0.1) is 10.7 Å². The molecule has 0 atom stereocenters. The quantitative estimate of drug-likeness (QED) is 0.517. The Labute approximate surface area is 70.0 Å². The fourth-order valence-corrected chi connectivity index (χ4v) is 1.08. The highest BCUT2D eigenvalue weighted by atomic mass is 35.5. The van der Waals surface area contributed by atoms with Gasteiger partial charge in [0.2, 0.25) is 0 Å². The summed E-state index contributed by atoms with van der Waals surface area (Å²) in [5, 5.41) is 0.347. The summed E-state index contributed by atoms with van der Waals surface area (Å²) >= 11 is 5.74. The molecule has 0 unspecified atom stereocenters. The number of Topliss-reactive ketones (excluding diaryl/α,β-unsaturated/α-hetero) is 1. The summed E-state index contributed by atoms with van der Waals surface area (Å²) in [6.45, 7) is 1.46. The highest BCUT2D eigenvalue weighted by molar-refractivity contribution is 6.36. The van der Waals surface area contributed by atoms with Crippen molar-refractivity contribution >= 4 is 23.1 Å². The molecule has 0 aromatic heterocycles. The van der Waals surface area contributed by atoms with E-state index in [1.807, 2.05) is 0 Å². The smallest absolute Gasteiger partial charge is 0.161 e. The van der Waals surface area contributed by atoms with Crippen molar-refractivity contribution in [2.24, 2.45) is 0 Å². The van der Waals surface area contributed by atoms with E-state index in [1.54, 1.807) is 18.2 Å². The van der Waals surface area contributed by atoms with E-state index in [0.717, 1.165) is 0 Å². The van der Waals surface area contributed by atoms with E-state index in [1.165, 1.54) is 6.92 Å². The van der Waals surface area contributed by atoms with Crippen LogP contribution in [0.15, 0.2) is 18.2 Å². The van der Waals surface area contributed by atoms with Gasteiger partial charge in [0.1, 0.15) is 0 Å². The lowest BCUT2D eigenvalue weighted by molar-refractivity contribution is 0.101. The Morgan fingerprint density at radius 2 is 2.18 bits per heavy atom. The summed E-state index contributed by atoms with van der Waals surface area (Å²) in [6.07, 6.45) is 0. The van der Waals surface area contributed by atoms with Crippen molar-refractivity contribution in [2.45, 2.75) is 6.92 Å². The number of benzene rings is 1. The van der Waals surface area contributed by atoms with Gasteiger partial charge in [0, 0.05) is 5.56 Å². The topological polar surface area (TPSA) is 43.1 Å². The van der Waals surface area contributed by atoms with E-state index in [9.17, 15) is 4.79 Å². The molecule has 0 spiro atoms. The molecule has 0 saturated heterocycles. The third-order valence-corrected chi connectivity index (χ3v) is 1.83. The lowest BCUT2D eigenvalue weighted by Crippen LogP contribution is -1.96. The molecule has 1 aromatic rings. The minimum absolute atomic E-state index is 0.0673. The maximum Gasteiger partial charge on any atom is 0.161 e. The molecule has 0 amide bonds. The van der Waals surface area contributed by atoms with Crippen molar-refractivity contribution in [1.82, 2.24) is 0 Å². The minimum atomic E-state index is -0.0673. The van der Waals surface area contributed by atoms with E-state index in [-0.39, 0.29) is 5.78 Å². The van der Waals surface area contributed by atoms with Gasteiger partial charge in [-0.25, -0.2) is 0 Å². The Hall–Kier alpha value is -1.02.